The zero-order valence-electron chi connectivity index (χ0n) is 14.3. The Hall–Kier alpha value is -1.81. The van der Waals surface area contributed by atoms with Crippen LogP contribution in [0.2, 0.25) is 5.02 Å². The second kappa shape index (κ2) is 7.67. The van der Waals surface area contributed by atoms with Gasteiger partial charge in [-0.1, -0.05) is 0 Å². The molecule has 0 aliphatic carbocycles. The molecule has 3 aromatic rings. The van der Waals surface area contributed by atoms with Crippen LogP contribution in [-0.2, 0) is 0 Å². The van der Waals surface area contributed by atoms with Crippen LogP contribution in [-0.4, -0.2) is 48.7 Å². The zero-order chi connectivity index (χ0) is 19.0. The van der Waals surface area contributed by atoms with Crippen molar-refractivity contribution in [2.45, 2.75) is 16.8 Å². The van der Waals surface area contributed by atoms with Gasteiger partial charge in [0.25, 0.3) is 0 Å². The number of pyridine rings is 2. The number of fused-ring (bicyclic) bond motifs is 1. The molecule has 1 aliphatic heterocycles. The first-order chi connectivity index (χ1) is 13.1. The Bertz CT molecular complexity index is 987. The molecule has 2 radical (unpaired) electrons. The molecule has 1 fully saturated rings. The summed E-state index contributed by atoms with van der Waals surface area (Å²) in [4.78, 5) is 25.6. The number of nitrogens with zero attached hydrogens (tertiary/aromatic N) is 3. The van der Waals surface area contributed by atoms with Gasteiger partial charge in [0.1, 0.15) is 0 Å². The Labute approximate surface area is 172 Å². The first-order valence-corrected chi connectivity index (χ1v) is 11.4. The van der Waals surface area contributed by atoms with Crippen LogP contribution in [0.15, 0.2) is 30.6 Å². The molecule has 0 aromatic carbocycles. The van der Waals surface area contributed by atoms with Crippen molar-refractivity contribution >= 4 is 40.1 Å². The summed E-state index contributed by atoms with van der Waals surface area (Å²) in [6.45, 7) is 1.95. The fourth-order valence-electron chi connectivity index (χ4n) is 3.30. The Morgan fingerprint density at radius 3 is 2.78 bits per heavy atom. The third kappa shape index (κ3) is 3.64. The molecule has 0 amide bonds. The molecule has 6 nitrogen and oxygen atoms in total. The number of carboxylic acids is 1. The molecule has 9 heteroatoms. The second-order valence-electron chi connectivity index (χ2n) is 6.42. The summed E-state index contributed by atoms with van der Waals surface area (Å²) < 4.78 is 0.707. The van der Waals surface area contributed by atoms with Gasteiger partial charge in [0.05, 0.1) is 0 Å². The number of hydrogen-bond acceptors (Lipinski definition) is 4. The molecule has 0 atom stereocenters. The molecule has 0 saturated carbocycles. The molecular weight excluding hydrogens is 477 g/mol. The molecular formula is C18H16BClIN4O2-. The average Bonchev–Trinajstić information content (AvgIpc) is 3.10. The third-order valence-electron chi connectivity index (χ3n) is 4.78. The van der Waals surface area contributed by atoms with E-state index in [-0.39, 0.29) is 26.6 Å². The summed E-state index contributed by atoms with van der Waals surface area (Å²) in [6, 6.07) is 5.59. The van der Waals surface area contributed by atoms with Crippen LogP contribution < -0.4 is 25.9 Å². The van der Waals surface area contributed by atoms with Crippen LogP contribution in [0.25, 0.3) is 22.3 Å². The van der Waals surface area contributed by atoms with Gasteiger partial charge < -0.3 is 10.1 Å². The summed E-state index contributed by atoms with van der Waals surface area (Å²) in [7, 11) is 0. The standard InChI is InChI=1S/C18H16BClIN4O2/c19-21-11-3-5-25(6-4-11)15-2-1-10(8-23-15)16-13(20)7-14-17(24-16)12(9-22-14)18(26)27/h1-2,7-9,11,22H,3-6H2,(H,26,27)/q-1. The van der Waals surface area contributed by atoms with E-state index in [1.165, 1.54) is 6.20 Å². The molecule has 1 aliphatic rings. The number of halogens is 2. The fraction of sp³-hybridized carbons (Fsp3) is 0.278. The number of nitrogens with one attached hydrogen (secondary N) is 1. The normalized spacial score (nSPS) is 15.5. The van der Waals surface area contributed by atoms with Gasteiger partial charge in [-0.3, -0.25) is 0 Å². The van der Waals surface area contributed by atoms with Gasteiger partial charge in [-0.05, 0) is 0 Å². The van der Waals surface area contributed by atoms with Crippen LogP contribution in [0.5, 0.6) is 0 Å². The summed E-state index contributed by atoms with van der Waals surface area (Å²) in [5.74, 6) is -0.101. The van der Waals surface area contributed by atoms with Gasteiger partial charge in [-0.15, -0.1) is 0 Å². The molecule has 27 heavy (non-hydrogen) atoms. The van der Waals surface area contributed by atoms with Crippen LogP contribution in [0.3, 0.4) is 0 Å². The van der Waals surface area contributed by atoms with E-state index in [1.807, 2.05) is 12.1 Å². The molecule has 1 saturated heterocycles. The van der Waals surface area contributed by atoms with Crippen molar-refractivity contribution in [1.82, 2.24) is 15.0 Å². The number of carboxylic acid groups (broad SMARTS) is 1. The number of rotatable bonds is 4. The second-order valence-corrected chi connectivity index (χ2v) is 9.30. The number of aromatic amines is 1. The van der Waals surface area contributed by atoms with Crippen LogP contribution >= 0.6 is 11.6 Å². The predicted octanol–water partition coefficient (Wildman–Crippen LogP) is 0.118. The summed E-state index contributed by atoms with van der Waals surface area (Å²) in [5.41, 5.74) is 8.25. The molecule has 0 unspecified atom stereocenters. The Kier molecular flexibility index (Phi) is 5.27. The summed E-state index contributed by atoms with van der Waals surface area (Å²) in [5, 5.41) is 9.75. The SMILES string of the molecule is [B][I-]C1CCN(c2ccc(-c3nc4c(C(=O)O)c[nH]c4cc3Cl)cn2)CC1. The van der Waals surface area contributed by atoms with E-state index in [0.29, 0.717) is 25.7 Å². The van der Waals surface area contributed by atoms with E-state index < -0.39 is 5.97 Å². The van der Waals surface area contributed by atoms with E-state index in [4.69, 9.17) is 17.3 Å². The number of carbonyl (C=O) groups is 1. The first-order valence-electron chi connectivity index (χ1n) is 8.51. The maximum absolute atomic E-state index is 11.4. The van der Waals surface area contributed by atoms with Crippen molar-refractivity contribution in [1.29, 1.82) is 0 Å². The maximum atomic E-state index is 11.4. The molecule has 2 N–H and O–H groups in total. The topological polar surface area (TPSA) is 82.1 Å². The van der Waals surface area contributed by atoms with E-state index in [2.05, 4.69) is 19.9 Å². The van der Waals surface area contributed by atoms with Crippen LogP contribution in [0.4, 0.5) is 5.82 Å². The first kappa shape index (κ1) is 18.6. The van der Waals surface area contributed by atoms with Crippen molar-refractivity contribution in [3.05, 3.63) is 41.2 Å². The Balaban J connectivity index is 1.63. The van der Waals surface area contributed by atoms with E-state index in [1.54, 1.807) is 12.3 Å². The summed E-state index contributed by atoms with van der Waals surface area (Å²) in [6.07, 6.45) is 5.42. The number of alkyl halides is 1. The average molecular weight is 494 g/mol. The minimum atomic E-state index is -1.03. The van der Waals surface area contributed by atoms with Gasteiger partial charge in [-0.2, -0.15) is 0 Å². The Morgan fingerprint density at radius 1 is 1.37 bits per heavy atom. The van der Waals surface area contributed by atoms with Crippen LogP contribution in [0.1, 0.15) is 23.2 Å². The van der Waals surface area contributed by atoms with E-state index >= 15 is 0 Å². The number of hydrogen-bond donors (Lipinski definition) is 2. The van der Waals surface area contributed by atoms with Crippen molar-refractivity contribution in [3.63, 3.8) is 0 Å². The van der Waals surface area contributed by atoms with Crippen molar-refractivity contribution < 1.29 is 30.9 Å². The van der Waals surface area contributed by atoms with Crippen molar-refractivity contribution in [2.75, 3.05) is 18.0 Å². The van der Waals surface area contributed by atoms with E-state index in [0.717, 1.165) is 37.3 Å². The molecule has 4 heterocycles. The van der Waals surface area contributed by atoms with Gasteiger partial charge in [0, 0.05) is 6.20 Å². The quantitative estimate of drug-likeness (QED) is 0.307. The van der Waals surface area contributed by atoms with Gasteiger partial charge in [0.15, 0.2) is 0 Å². The monoisotopic (exact) mass is 493 g/mol. The third-order valence-corrected chi connectivity index (χ3v) is 7.33. The predicted molar refractivity (Wildman–Crippen MR) is 102 cm³/mol. The minimum absolute atomic E-state index is 0.123. The number of aromatic nitrogens is 3. The fourth-order valence-corrected chi connectivity index (χ4v) is 4.84. The molecule has 4 rings (SSSR count). The summed E-state index contributed by atoms with van der Waals surface area (Å²) >= 11 is 6.19. The zero-order valence-corrected chi connectivity index (χ0v) is 17.2. The van der Waals surface area contributed by atoms with Crippen molar-refractivity contribution in [3.8, 4) is 11.3 Å². The number of H-pyrrole nitrogens is 1. The molecule has 0 spiro atoms. The van der Waals surface area contributed by atoms with Crippen molar-refractivity contribution in [2.24, 2.45) is 0 Å². The van der Waals surface area contributed by atoms with Gasteiger partial charge in [-0.25, -0.2) is 4.79 Å². The van der Waals surface area contributed by atoms with Gasteiger partial charge >= 0.3 is 152 Å². The number of aromatic carboxylic acids is 1. The number of piperidine rings is 1. The van der Waals surface area contributed by atoms with Crippen LogP contribution in [0, 0.1) is 0 Å². The Morgan fingerprint density at radius 2 is 2.15 bits per heavy atom. The molecule has 138 valence electrons. The van der Waals surface area contributed by atoms with Gasteiger partial charge in [0.2, 0.25) is 0 Å². The number of anilines is 1. The molecule has 3 aromatic heterocycles. The van der Waals surface area contributed by atoms with E-state index in [9.17, 15) is 9.90 Å². The molecule has 0 bridgehead atoms.